The predicted octanol–water partition coefficient (Wildman–Crippen LogP) is 2.27. The van der Waals surface area contributed by atoms with Crippen molar-refractivity contribution in [2.45, 2.75) is 44.6 Å². The van der Waals surface area contributed by atoms with Gasteiger partial charge in [-0.1, -0.05) is 50.1 Å². The Kier molecular flexibility index (Phi) is 5.76. The molecule has 3 atom stereocenters. The number of rotatable bonds is 5. The Hall–Kier alpha value is -1.39. The molecule has 1 saturated carbocycles. The average molecular weight is 289 g/mol. The molecule has 21 heavy (non-hydrogen) atoms. The van der Waals surface area contributed by atoms with Crippen LogP contribution in [-0.2, 0) is 4.79 Å². The monoisotopic (exact) mass is 289 g/mol. The zero-order chi connectivity index (χ0) is 15.2. The van der Waals surface area contributed by atoms with Crippen molar-refractivity contribution in [1.29, 1.82) is 0 Å². The first kappa shape index (κ1) is 16.0. The fraction of sp³-hybridized carbons (Fsp3) is 0.588. The molecular formula is C17H27N3O. The minimum absolute atomic E-state index is 0.114. The lowest BCUT2D eigenvalue weighted by molar-refractivity contribution is -0.123. The second-order valence-corrected chi connectivity index (χ2v) is 6.34. The highest BCUT2D eigenvalue weighted by atomic mass is 16.2. The highest BCUT2D eigenvalue weighted by Crippen LogP contribution is 2.28. The minimum atomic E-state index is -0.210. The topological polar surface area (TPSA) is 58.4 Å². The normalized spacial score (nSPS) is 23.8. The summed E-state index contributed by atoms with van der Waals surface area (Å²) in [6.07, 6.45) is 5.07. The lowest BCUT2D eigenvalue weighted by atomic mass is 9.85. The minimum Gasteiger partial charge on any atom is -0.302 e. The van der Waals surface area contributed by atoms with Gasteiger partial charge in [-0.3, -0.25) is 10.2 Å². The van der Waals surface area contributed by atoms with Crippen molar-refractivity contribution >= 4 is 5.91 Å². The second kappa shape index (κ2) is 7.57. The lowest BCUT2D eigenvalue weighted by Gasteiger charge is -2.35. The number of nitrogens with zero attached hydrogens (tertiary/aromatic N) is 1. The van der Waals surface area contributed by atoms with Gasteiger partial charge in [-0.15, -0.1) is 0 Å². The standard InChI is InChI=1S/C17H27N3O/c1-13-7-6-10-15(11-13)20(2)12-16(17(21)19-18)14-8-4-3-5-9-14/h3-5,8-9,13,15-16H,6-7,10-12,18H2,1-2H3,(H,19,21). The summed E-state index contributed by atoms with van der Waals surface area (Å²) < 4.78 is 0. The summed E-state index contributed by atoms with van der Waals surface area (Å²) in [5.74, 6) is 5.83. The quantitative estimate of drug-likeness (QED) is 0.497. The third-order valence-electron chi connectivity index (χ3n) is 4.66. The maximum absolute atomic E-state index is 12.1. The van der Waals surface area contributed by atoms with Crippen molar-refractivity contribution < 1.29 is 4.79 Å². The van der Waals surface area contributed by atoms with E-state index in [1.165, 1.54) is 25.7 Å². The van der Waals surface area contributed by atoms with Crippen molar-refractivity contribution in [3.05, 3.63) is 35.9 Å². The molecule has 0 bridgehead atoms. The summed E-state index contributed by atoms with van der Waals surface area (Å²) >= 11 is 0. The number of nitrogens with one attached hydrogen (secondary N) is 1. The van der Waals surface area contributed by atoms with Gasteiger partial charge in [0.2, 0.25) is 5.91 Å². The number of carbonyl (C=O) groups is 1. The van der Waals surface area contributed by atoms with E-state index >= 15 is 0 Å². The largest absolute Gasteiger partial charge is 0.302 e. The van der Waals surface area contributed by atoms with Crippen LogP contribution < -0.4 is 11.3 Å². The number of hydrazine groups is 1. The van der Waals surface area contributed by atoms with Crippen LogP contribution in [0, 0.1) is 5.92 Å². The number of likely N-dealkylation sites (N-methyl/N-ethyl adjacent to an activating group) is 1. The van der Waals surface area contributed by atoms with Gasteiger partial charge in [-0.25, -0.2) is 5.84 Å². The summed E-state index contributed by atoms with van der Waals surface area (Å²) in [7, 11) is 2.13. The highest BCUT2D eigenvalue weighted by Gasteiger charge is 2.27. The Morgan fingerprint density at radius 2 is 2.10 bits per heavy atom. The van der Waals surface area contributed by atoms with Gasteiger partial charge in [0.25, 0.3) is 0 Å². The van der Waals surface area contributed by atoms with Crippen molar-refractivity contribution in [3.8, 4) is 0 Å². The molecule has 0 saturated heterocycles. The Morgan fingerprint density at radius 1 is 1.38 bits per heavy atom. The van der Waals surface area contributed by atoms with Gasteiger partial charge in [0.05, 0.1) is 5.92 Å². The van der Waals surface area contributed by atoms with Gasteiger partial charge in [-0.2, -0.15) is 0 Å². The van der Waals surface area contributed by atoms with Crippen LogP contribution in [0.5, 0.6) is 0 Å². The predicted molar refractivity (Wildman–Crippen MR) is 85.6 cm³/mol. The van der Waals surface area contributed by atoms with Gasteiger partial charge in [-0.05, 0) is 31.4 Å². The van der Waals surface area contributed by atoms with Crippen molar-refractivity contribution in [2.75, 3.05) is 13.6 Å². The summed E-state index contributed by atoms with van der Waals surface area (Å²) in [6.45, 7) is 3.03. The Labute approximate surface area is 127 Å². The maximum atomic E-state index is 12.1. The van der Waals surface area contributed by atoms with Crippen molar-refractivity contribution in [2.24, 2.45) is 11.8 Å². The number of nitrogens with two attached hydrogens (primary N) is 1. The van der Waals surface area contributed by atoms with E-state index in [-0.39, 0.29) is 11.8 Å². The molecule has 116 valence electrons. The Morgan fingerprint density at radius 3 is 2.71 bits per heavy atom. The van der Waals surface area contributed by atoms with Gasteiger partial charge >= 0.3 is 0 Å². The van der Waals surface area contributed by atoms with E-state index in [1.54, 1.807) is 0 Å². The zero-order valence-corrected chi connectivity index (χ0v) is 13.1. The molecule has 0 heterocycles. The molecule has 1 aliphatic carbocycles. The SMILES string of the molecule is CC1CCCC(N(C)CC(C(=O)NN)c2ccccc2)C1. The summed E-state index contributed by atoms with van der Waals surface area (Å²) in [4.78, 5) is 14.5. The molecule has 0 aromatic heterocycles. The zero-order valence-electron chi connectivity index (χ0n) is 13.1. The van der Waals surface area contributed by atoms with Gasteiger partial charge in [0.15, 0.2) is 0 Å². The molecular weight excluding hydrogens is 262 g/mol. The molecule has 0 aliphatic heterocycles. The molecule has 4 heteroatoms. The first-order valence-corrected chi connectivity index (χ1v) is 7.87. The van der Waals surface area contributed by atoms with Crippen LogP contribution in [0.2, 0.25) is 0 Å². The van der Waals surface area contributed by atoms with Gasteiger partial charge in [0, 0.05) is 12.6 Å². The third kappa shape index (κ3) is 4.29. The van der Waals surface area contributed by atoms with Crippen molar-refractivity contribution in [3.63, 3.8) is 0 Å². The van der Waals surface area contributed by atoms with E-state index < -0.39 is 0 Å². The Bertz CT molecular complexity index is 449. The van der Waals surface area contributed by atoms with Crippen LogP contribution in [0.25, 0.3) is 0 Å². The Balaban J connectivity index is 2.06. The number of carbonyl (C=O) groups excluding carboxylic acids is 1. The van der Waals surface area contributed by atoms with Gasteiger partial charge < -0.3 is 4.90 Å². The summed E-state index contributed by atoms with van der Waals surface area (Å²) in [6, 6.07) is 10.5. The van der Waals surface area contributed by atoms with Gasteiger partial charge in [0.1, 0.15) is 0 Å². The molecule has 3 unspecified atom stereocenters. The number of amides is 1. The van der Waals surface area contributed by atoms with Crippen LogP contribution in [0.1, 0.15) is 44.1 Å². The molecule has 1 fully saturated rings. The first-order chi connectivity index (χ1) is 10.1. The fourth-order valence-electron chi connectivity index (χ4n) is 3.37. The van der Waals surface area contributed by atoms with Crippen molar-refractivity contribution in [1.82, 2.24) is 10.3 Å². The fourth-order valence-corrected chi connectivity index (χ4v) is 3.37. The molecule has 1 amide bonds. The van der Waals surface area contributed by atoms with Crippen LogP contribution in [0.3, 0.4) is 0 Å². The van der Waals surface area contributed by atoms with Crippen LogP contribution in [0.15, 0.2) is 30.3 Å². The smallest absolute Gasteiger partial charge is 0.242 e. The van der Waals surface area contributed by atoms with Crippen LogP contribution in [-0.4, -0.2) is 30.4 Å². The van der Waals surface area contributed by atoms with Crippen LogP contribution >= 0.6 is 0 Å². The van der Waals surface area contributed by atoms with E-state index in [9.17, 15) is 4.79 Å². The van der Waals surface area contributed by atoms with E-state index in [0.717, 1.165) is 11.5 Å². The van der Waals surface area contributed by atoms with Crippen LogP contribution in [0.4, 0.5) is 0 Å². The van der Waals surface area contributed by atoms with E-state index in [0.29, 0.717) is 12.6 Å². The molecule has 3 N–H and O–H groups in total. The number of hydrogen-bond acceptors (Lipinski definition) is 3. The molecule has 0 radical (unpaired) electrons. The molecule has 1 aromatic rings. The first-order valence-electron chi connectivity index (χ1n) is 7.87. The highest BCUT2D eigenvalue weighted by molar-refractivity contribution is 5.83. The molecule has 1 aromatic carbocycles. The lowest BCUT2D eigenvalue weighted by Crippen LogP contribution is -2.43. The number of hydrogen-bond donors (Lipinski definition) is 2. The molecule has 2 rings (SSSR count). The van der Waals surface area contributed by atoms with E-state index in [4.69, 9.17) is 5.84 Å². The van der Waals surface area contributed by atoms with E-state index in [1.807, 2.05) is 30.3 Å². The third-order valence-corrected chi connectivity index (χ3v) is 4.66. The molecule has 4 nitrogen and oxygen atoms in total. The van der Waals surface area contributed by atoms with E-state index in [2.05, 4.69) is 24.3 Å². The maximum Gasteiger partial charge on any atom is 0.242 e. The summed E-state index contributed by atoms with van der Waals surface area (Å²) in [5.41, 5.74) is 3.34. The average Bonchev–Trinajstić information content (AvgIpc) is 2.52. The molecule has 0 spiro atoms. The molecule has 1 aliphatic rings. The number of benzene rings is 1. The second-order valence-electron chi connectivity index (χ2n) is 6.34. The summed E-state index contributed by atoms with van der Waals surface area (Å²) in [5, 5.41) is 0.